The molecule has 0 heterocycles. The summed E-state index contributed by atoms with van der Waals surface area (Å²) < 4.78 is 5.25. The highest BCUT2D eigenvalue weighted by Crippen LogP contribution is 2.31. The lowest BCUT2D eigenvalue weighted by Crippen LogP contribution is -2.45. The molecule has 1 aliphatic rings. The predicted octanol–water partition coefficient (Wildman–Crippen LogP) is 2.74. The fourth-order valence-corrected chi connectivity index (χ4v) is 3.25. The number of hydrogen-bond donors (Lipinski definition) is 1. The average Bonchev–Trinajstić information content (AvgIpc) is 2.94. The van der Waals surface area contributed by atoms with Crippen molar-refractivity contribution < 1.29 is 9.53 Å². The third-order valence-corrected chi connectivity index (χ3v) is 4.53. The number of ether oxygens (including phenoxy) is 1. The first-order valence-corrected chi connectivity index (χ1v) is 7.66. The van der Waals surface area contributed by atoms with Gasteiger partial charge < -0.3 is 10.1 Å². The Hall–Kier alpha value is -1.67. The molecule has 0 spiro atoms. The van der Waals surface area contributed by atoms with Gasteiger partial charge in [-0.1, -0.05) is 12.1 Å². The van der Waals surface area contributed by atoms with Crippen LogP contribution < -0.4 is 10.1 Å². The maximum Gasteiger partial charge on any atom is 0.231 e. The molecule has 1 N–H and O–H groups in total. The highest BCUT2D eigenvalue weighted by atomic mass is 32.2. The van der Waals surface area contributed by atoms with Crippen molar-refractivity contribution in [2.45, 2.75) is 36.1 Å². The number of benzene rings is 1. The minimum atomic E-state index is -0.640. The number of methoxy groups -OCH3 is 1. The fourth-order valence-electron chi connectivity index (χ4n) is 2.43. The molecule has 2 rings (SSSR count). The molecule has 0 bridgehead atoms. The smallest absolute Gasteiger partial charge is 0.231 e. The maximum atomic E-state index is 12.0. The highest BCUT2D eigenvalue weighted by Gasteiger charge is 2.35. The zero-order chi connectivity index (χ0) is 14.4. The Labute approximate surface area is 123 Å². The number of rotatable bonds is 5. The van der Waals surface area contributed by atoms with E-state index in [1.165, 1.54) is 11.8 Å². The second-order valence-electron chi connectivity index (χ2n) is 4.89. The second kappa shape index (κ2) is 6.67. The Morgan fingerprint density at radius 1 is 1.45 bits per heavy atom. The van der Waals surface area contributed by atoms with Gasteiger partial charge in [0.1, 0.15) is 11.3 Å². The van der Waals surface area contributed by atoms with E-state index in [2.05, 4.69) is 11.4 Å². The monoisotopic (exact) mass is 290 g/mol. The Bertz CT molecular complexity index is 519. The molecule has 0 aromatic heterocycles. The van der Waals surface area contributed by atoms with E-state index in [1.54, 1.807) is 7.11 Å². The summed E-state index contributed by atoms with van der Waals surface area (Å²) in [6.45, 7) is 0. The van der Waals surface area contributed by atoms with Gasteiger partial charge in [-0.25, -0.2) is 0 Å². The molecule has 0 radical (unpaired) electrons. The molecule has 4 nitrogen and oxygen atoms in total. The summed E-state index contributed by atoms with van der Waals surface area (Å²) in [7, 11) is 1.61. The number of para-hydroxylation sites is 1. The Morgan fingerprint density at radius 3 is 2.80 bits per heavy atom. The molecule has 1 fully saturated rings. The molecule has 0 saturated heterocycles. The van der Waals surface area contributed by atoms with Crippen LogP contribution in [0.15, 0.2) is 29.2 Å². The zero-order valence-electron chi connectivity index (χ0n) is 11.5. The van der Waals surface area contributed by atoms with Crippen molar-refractivity contribution >= 4 is 17.7 Å². The number of carbonyl (C=O) groups is 1. The van der Waals surface area contributed by atoms with Crippen LogP contribution in [0.2, 0.25) is 0 Å². The fraction of sp³-hybridized carbons (Fsp3) is 0.467. The zero-order valence-corrected chi connectivity index (χ0v) is 12.3. The largest absolute Gasteiger partial charge is 0.496 e. The lowest BCUT2D eigenvalue weighted by Gasteiger charge is -2.21. The molecule has 0 aliphatic heterocycles. The summed E-state index contributed by atoms with van der Waals surface area (Å²) in [5.41, 5.74) is -0.640. The van der Waals surface area contributed by atoms with Gasteiger partial charge in [0.2, 0.25) is 5.91 Å². The van der Waals surface area contributed by atoms with E-state index < -0.39 is 5.54 Å². The Morgan fingerprint density at radius 2 is 2.15 bits per heavy atom. The van der Waals surface area contributed by atoms with Crippen molar-refractivity contribution in [1.82, 2.24) is 5.32 Å². The van der Waals surface area contributed by atoms with Gasteiger partial charge >= 0.3 is 0 Å². The Kier molecular flexibility index (Phi) is 4.91. The van der Waals surface area contributed by atoms with Crippen molar-refractivity contribution in [3.8, 4) is 11.8 Å². The van der Waals surface area contributed by atoms with Crippen LogP contribution in [-0.2, 0) is 4.79 Å². The van der Waals surface area contributed by atoms with E-state index in [-0.39, 0.29) is 5.91 Å². The maximum absolute atomic E-state index is 12.0. The number of hydrogen-bond acceptors (Lipinski definition) is 4. The van der Waals surface area contributed by atoms with Gasteiger partial charge in [0, 0.05) is 4.90 Å². The third kappa shape index (κ3) is 3.45. The molecule has 20 heavy (non-hydrogen) atoms. The molecular formula is C15H18N2O2S. The lowest BCUT2D eigenvalue weighted by atomic mass is 10.0. The van der Waals surface area contributed by atoms with Crippen LogP contribution in [-0.4, -0.2) is 24.3 Å². The number of nitriles is 1. The van der Waals surface area contributed by atoms with Gasteiger partial charge in [-0.2, -0.15) is 5.26 Å². The van der Waals surface area contributed by atoms with E-state index in [4.69, 9.17) is 4.74 Å². The summed E-state index contributed by atoms with van der Waals surface area (Å²) in [6, 6.07) is 9.86. The van der Waals surface area contributed by atoms with E-state index in [9.17, 15) is 10.1 Å². The highest BCUT2D eigenvalue weighted by molar-refractivity contribution is 8.00. The number of nitrogens with one attached hydrogen (secondary N) is 1. The Balaban J connectivity index is 1.91. The summed E-state index contributed by atoms with van der Waals surface area (Å²) in [6.07, 6.45) is 3.53. The summed E-state index contributed by atoms with van der Waals surface area (Å²) in [5, 5.41) is 12.1. The standard InChI is InChI=1S/C15H18N2O2S/c1-19-12-6-2-3-7-13(12)20-10-14(18)17-15(11-16)8-4-5-9-15/h2-3,6-7H,4-5,8-10H2,1H3,(H,17,18). The van der Waals surface area contributed by atoms with Crippen LogP contribution in [0.3, 0.4) is 0 Å². The molecule has 1 aromatic rings. The van der Waals surface area contributed by atoms with E-state index in [1.807, 2.05) is 24.3 Å². The lowest BCUT2D eigenvalue weighted by molar-refractivity contribution is -0.119. The van der Waals surface area contributed by atoms with E-state index in [0.717, 1.165) is 36.3 Å². The van der Waals surface area contributed by atoms with Crippen molar-refractivity contribution in [2.24, 2.45) is 0 Å². The van der Waals surface area contributed by atoms with E-state index >= 15 is 0 Å². The molecule has 0 atom stereocenters. The number of thioether (sulfide) groups is 1. The van der Waals surface area contributed by atoms with Gasteiger partial charge in [0.25, 0.3) is 0 Å². The van der Waals surface area contributed by atoms with Crippen molar-refractivity contribution in [2.75, 3.05) is 12.9 Å². The molecule has 1 aliphatic carbocycles. The average molecular weight is 290 g/mol. The summed E-state index contributed by atoms with van der Waals surface area (Å²) >= 11 is 1.43. The number of nitrogens with zero attached hydrogens (tertiary/aromatic N) is 1. The van der Waals surface area contributed by atoms with Crippen LogP contribution >= 0.6 is 11.8 Å². The molecule has 1 saturated carbocycles. The summed E-state index contributed by atoms with van der Waals surface area (Å²) in [5.74, 6) is 0.967. The molecule has 106 valence electrons. The van der Waals surface area contributed by atoms with Gasteiger partial charge in [-0.15, -0.1) is 11.8 Å². The minimum absolute atomic E-state index is 0.0932. The molecule has 1 amide bonds. The number of carbonyl (C=O) groups excluding carboxylic acids is 1. The van der Waals surface area contributed by atoms with Crippen molar-refractivity contribution in [1.29, 1.82) is 5.26 Å². The van der Waals surface area contributed by atoms with Crippen LogP contribution in [0.25, 0.3) is 0 Å². The molecule has 5 heteroatoms. The summed E-state index contributed by atoms with van der Waals surface area (Å²) in [4.78, 5) is 12.9. The van der Waals surface area contributed by atoms with Gasteiger partial charge in [0.15, 0.2) is 0 Å². The van der Waals surface area contributed by atoms with E-state index in [0.29, 0.717) is 5.75 Å². The third-order valence-electron chi connectivity index (χ3n) is 3.48. The molecule has 1 aromatic carbocycles. The van der Waals surface area contributed by atoms with Gasteiger partial charge in [-0.3, -0.25) is 4.79 Å². The first-order valence-electron chi connectivity index (χ1n) is 6.67. The first-order chi connectivity index (χ1) is 9.69. The molecular weight excluding hydrogens is 272 g/mol. The van der Waals surface area contributed by atoms with Crippen molar-refractivity contribution in [3.05, 3.63) is 24.3 Å². The number of amides is 1. The van der Waals surface area contributed by atoms with Crippen LogP contribution in [0, 0.1) is 11.3 Å². The topological polar surface area (TPSA) is 62.1 Å². The van der Waals surface area contributed by atoms with Gasteiger partial charge in [-0.05, 0) is 37.8 Å². The first kappa shape index (κ1) is 14.7. The predicted molar refractivity (Wildman–Crippen MR) is 78.7 cm³/mol. The van der Waals surface area contributed by atoms with Gasteiger partial charge in [0.05, 0.1) is 18.9 Å². The quantitative estimate of drug-likeness (QED) is 0.847. The second-order valence-corrected chi connectivity index (χ2v) is 5.91. The van der Waals surface area contributed by atoms with Crippen molar-refractivity contribution in [3.63, 3.8) is 0 Å². The van der Waals surface area contributed by atoms with Crippen LogP contribution in [0.1, 0.15) is 25.7 Å². The van der Waals surface area contributed by atoms with Crippen LogP contribution in [0.4, 0.5) is 0 Å². The SMILES string of the molecule is COc1ccccc1SCC(=O)NC1(C#N)CCCC1. The normalized spacial score (nSPS) is 16.4. The van der Waals surface area contributed by atoms with Crippen LogP contribution in [0.5, 0.6) is 5.75 Å². The molecule has 0 unspecified atom stereocenters. The minimum Gasteiger partial charge on any atom is -0.496 e.